The predicted octanol–water partition coefficient (Wildman–Crippen LogP) is 3.89. The summed E-state index contributed by atoms with van der Waals surface area (Å²) in [4.78, 5) is 12.8. The lowest BCUT2D eigenvalue weighted by Gasteiger charge is -2.03. The number of hydrogen-bond acceptors (Lipinski definition) is 3. The van der Waals surface area contributed by atoms with Gasteiger partial charge in [0.15, 0.2) is 5.65 Å². The zero-order chi connectivity index (χ0) is 14.6. The van der Waals surface area contributed by atoms with E-state index in [1.54, 1.807) is 7.11 Å². The first-order valence-electron chi connectivity index (χ1n) is 6.90. The molecule has 0 saturated heterocycles. The first-order valence-corrected chi connectivity index (χ1v) is 6.90. The molecule has 0 aliphatic carbocycles. The van der Waals surface area contributed by atoms with Crippen LogP contribution in [-0.4, -0.2) is 22.1 Å². The average molecular weight is 277 g/mol. The van der Waals surface area contributed by atoms with Crippen molar-refractivity contribution in [3.8, 4) is 5.75 Å². The minimum atomic E-state index is 0.814. The quantitative estimate of drug-likeness (QED) is 0.574. The van der Waals surface area contributed by atoms with Crippen LogP contribution in [0.5, 0.6) is 5.75 Å². The zero-order valence-corrected chi connectivity index (χ0v) is 12.2. The molecule has 0 spiro atoms. The number of fused-ring (bicyclic) bond motifs is 4. The fourth-order valence-electron chi connectivity index (χ4n) is 2.67. The van der Waals surface area contributed by atoms with Gasteiger partial charge in [-0.3, -0.25) is 0 Å². The lowest BCUT2D eigenvalue weighted by Crippen LogP contribution is -1.89. The van der Waals surface area contributed by atoms with Crippen LogP contribution in [0.1, 0.15) is 11.1 Å². The smallest absolute Gasteiger partial charge is 0.157 e. The maximum absolute atomic E-state index is 5.30. The molecule has 0 amide bonds. The van der Waals surface area contributed by atoms with Gasteiger partial charge in [-0.05, 0) is 55.3 Å². The number of aromatic nitrogens is 3. The van der Waals surface area contributed by atoms with Gasteiger partial charge in [-0.2, -0.15) is 0 Å². The molecule has 104 valence electrons. The van der Waals surface area contributed by atoms with E-state index in [-0.39, 0.29) is 0 Å². The summed E-state index contributed by atoms with van der Waals surface area (Å²) in [6, 6.07) is 10.1. The SMILES string of the molecule is COc1ccc2[nH]c3nc4cc(C)c(C)cc4nc3c2c1. The van der Waals surface area contributed by atoms with Gasteiger partial charge >= 0.3 is 0 Å². The van der Waals surface area contributed by atoms with Gasteiger partial charge in [0.05, 0.1) is 18.1 Å². The molecule has 1 N–H and O–H groups in total. The van der Waals surface area contributed by atoms with Gasteiger partial charge in [-0.25, -0.2) is 9.97 Å². The normalized spacial score (nSPS) is 11.6. The van der Waals surface area contributed by atoms with Crippen molar-refractivity contribution in [3.05, 3.63) is 41.5 Å². The van der Waals surface area contributed by atoms with Crippen LogP contribution in [0.25, 0.3) is 33.1 Å². The number of nitrogens with one attached hydrogen (secondary N) is 1. The molecule has 4 nitrogen and oxygen atoms in total. The van der Waals surface area contributed by atoms with Crippen molar-refractivity contribution in [2.24, 2.45) is 0 Å². The second kappa shape index (κ2) is 4.19. The largest absolute Gasteiger partial charge is 0.497 e. The summed E-state index contributed by atoms with van der Waals surface area (Å²) in [5.74, 6) is 0.824. The molecular weight excluding hydrogens is 262 g/mol. The maximum Gasteiger partial charge on any atom is 0.157 e. The third-order valence-electron chi connectivity index (χ3n) is 4.01. The van der Waals surface area contributed by atoms with Crippen molar-refractivity contribution < 1.29 is 4.74 Å². The Morgan fingerprint density at radius 3 is 2.38 bits per heavy atom. The molecular formula is C17H15N3O. The highest BCUT2D eigenvalue weighted by Crippen LogP contribution is 2.28. The number of methoxy groups -OCH3 is 1. The van der Waals surface area contributed by atoms with E-state index in [1.165, 1.54) is 11.1 Å². The summed E-state index contributed by atoms with van der Waals surface area (Å²) in [6.45, 7) is 4.19. The third-order valence-corrected chi connectivity index (χ3v) is 4.01. The van der Waals surface area contributed by atoms with Crippen LogP contribution in [0.2, 0.25) is 0 Å². The Labute approximate surface area is 121 Å². The summed E-state index contributed by atoms with van der Waals surface area (Å²) in [5.41, 5.74) is 7.03. The summed E-state index contributed by atoms with van der Waals surface area (Å²) in [7, 11) is 1.67. The number of benzene rings is 2. The molecule has 0 aliphatic rings. The predicted molar refractivity (Wildman–Crippen MR) is 84.9 cm³/mol. The lowest BCUT2D eigenvalue weighted by atomic mass is 10.1. The van der Waals surface area contributed by atoms with Crippen LogP contribution in [0.3, 0.4) is 0 Å². The number of H-pyrrole nitrogens is 1. The van der Waals surface area contributed by atoms with E-state index in [0.717, 1.165) is 38.8 Å². The van der Waals surface area contributed by atoms with Gasteiger partial charge in [0.25, 0.3) is 0 Å². The monoisotopic (exact) mass is 277 g/mol. The second-order valence-corrected chi connectivity index (χ2v) is 5.38. The van der Waals surface area contributed by atoms with E-state index < -0.39 is 0 Å². The molecule has 0 aliphatic heterocycles. The fraction of sp³-hybridized carbons (Fsp3) is 0.176. The first-order chi connectivity index (χ1) is 10.2. The number of ether oxygens (including phenoxy) is 1. The van der Waals surface area contributed by atoms with Crippen molar-refractivity contribution in [1.29, 1.82) is 0 Å². The lowest BCUT2D eigenvalue weighted by molar-refractivity contribution is 0.415. The Hall–Kier alpha value is -2.62. The summed E-state index contributed by atoms with van der Waals surface area (Å²) in [5, 5.41) is 1.04. The molecule has 4 aromatic rings. The highest BCUT2D eigenvalue weighted by atomic mass is 16.5. The molecule has 21 heavy (non-hydrogen) atoms. The van der Waals surface area contributed by atoms with Gasteiger partial charge in [-0.1, -0.05) is 0 Å². The fourth-order valence-corrected chi connectivity index (χ4v) is 2.67. The molecule has 0 saturated carbocycles. The van der Waals surface area contributed by atoms with Crippen LogP contribution >= 0.6 is 0 Å². The highest BCUT2D eigenvalue weighted by Gasteiger charge is 2.10. The Bertz CT molecular complexity index is 1000. The Kier molecular flexibility index (Phi) is 2.42. The Morgan fingerprint density at radius 1 is 0.952 bits per heavy atom. The molecule has 0 radical (unpaired) electrons. The number of hydrogen-bond donors (Lipinski definition) is 1. The van der Waals surface area contributed by atoms with Crippen molar-refractivity contribution in [1.82, 2.24) is 15.0 Å². The van der Waals surface area contributed by atoms with Crippen LogP contribution in [-0.2, 0) is 0 Å². The molecule has 4 heteroatoms. The summed E-state index contributed by atoms with van der Waals surface area (Å²) in [6.07, 6.45) is 0. The van der Waals surface area contributed by atoms with Gasteiger partial charge in [-0.15, -0.1) is 0 Å². The first kappa shape index (κ1) is 12.1. The van der Waals surface area contributed by atoms with Crippen LogP contribution in [0, 0.1) is 13.8 Å². The van der Waals surface area contributed by atoms with Crippen molar-refractivity contribution in [2.45, 2.75) is 13.8 Å². The van der Waals surface area contributed by atoms with E-state index in [9.17, 15) is 0 Å². The van der Waals surface area contributed by atoms with E-state index in [4.69, 9.17) is 14.7 Å². The van der Waals surface area contributed by atoms with Gasteiger partial charge in [0.1, 0.15) is 11.3 Å². The topological polar surface area (TPSA) is 50.8 Å². The molecule has 0 bridgehead atoms. The zero-order valence-electron chi connectivity index (χ0n) is 12.2. The number of rotatable bonds is 1. The van der Waals surface area contributed by atoms with Gasteiger partial charge < -0.3 is 9.72 Å². The Morgan fingerprint density at radius 2 is 1.67 bits per heavy atom. The van der Waals surface area contributed by atoms with Crippen molar-refractivity contribution in [3.63, 3.8) is 0 Å². The molecule has 2 aromatic heterocycles. The number of nitrogens with zero attached hydrogens (tertiary/aromatic N) is 2. The van der Waals surface area contributed by atoms with E-state index >= 15 is 0 Å². The van der Waals surface area contributed by atoms with Gasteiger partial charge in [0.2, 0.25) is 0 Å². The highest BCUT2D eigenvalue weighted by molar-refractivity contribution is 6.06. The van der Waals surface area contributed by atoms with Crippen molar-refractivity contribution >= 4 is 33.1 Å². The van der Waals surface area contributed by atoms with Crippen LogP contribution in [0.15, 0.2) is 30.3 Å². The second-order valence-electron chi connectivity index (χ2n) is 5.38. The van der Waals surface area contributed by atoms with Crippen molar-refractivity contribution in [2.75, 3.05) is 7.11 Å². The molecule has 0 unspecified atom stereocenters. The Balaban J connectivity index is 2.14. The number of aromatic amines is 1. The van der Waals surface area contributed by atoms with Crippen LogP contribution in [0.4, 0.5) is 0 Å². The molecule has 2 heterocycles. The standard InChI is InChI=1S/C17H15N3O/c1-9-6-14-15(7-10(9)2)20-17-16(18-14)12-8-11(21-3)4-5-13(12)19-17/h4-8H,1-3H3,(H,19,20). The number of aryl methyl sites for hydroxylation is 2. The molecule has 0 fully saturated rings. The summed E-state index contributed by atoms with van der Waals surface area (Å²) >= 11 is 0. The summed E-state index contributed by atoms with van der Waals surface area (Å²) < 4.78 is 5.30. The average Bonchev–Trinajstić information content (AvgIpc) is 2.83. The maximum atomic E-state index is 5.30. The van der Waals surface area contributed by atoms with Crippen LogP contribution < -0.4 is 4.74 Å². The van der Waals surface area contributed by atoms with E-state index in [2.05, 4.69) is 31.0 Å². The third kappa shape index (κ3) is 1.76. The van der Waals surface area contributed by atoms with E-state index in [0.29, 0.717) is 0 Å². The minimum Gasteiger partial charge on any atom is -0.497 e. The molecule has 0 atom stereocenters. The van der Waals surface area contributed by atoms with Gasteiger partial charge in [0, 0.05) is 10.9 Å². The minimum absolute atomic E-state index is 0.814. The van der Waals surface area contributed by atoms with E-state index in [1.807, 2.05) is 18.2 Å². The molecule has 4 rings (SSSR count). The molecule has 2 aromatic carbocycles.